The van der Waals surface area contributed by atoms with Crippen LogP contribution in [0.15, 0.2) is 65.1 Å². The van der Waals surface area contributed by atoms with Crippen LogP contribution in [0.5, 0.6) is 0 Å². The van der Waals surface area contributed by atoms with Gasteiger partial charge in [-0.15, -0.1) is 0 Å². The molecule has 4 rings (SSSR count). The van der Waals surface area contributed by atoms with E-state index in [9.17, 15) is 19.2 Å². The zero-order valence-electron chi connectivity index (χ0n) is 17.9. The van der Waals surface area contributed by atoms with Gasteiger partial charge < -0.3 is 10.1 Å². The Balaban J connectivity index is 1.41. The molecular formula is C25H18BrClN2O5. The number of hydrogen-bond acceptors (Lipinski definition) is 5. The summed E-state index contributed by atoms with van der Waals surface area (Å²) in [5.41, 5.74) is 2.49. The lowest BCUT2D eigenvalue weighted by molar-refractivity contribution is -0.119. The maximum atomic E-state index is 12.8. The van der Waals surface area contributed by atoms with Crippen molar-refractivity contribution in [3.8, 4) is 0 Å². The molecule has 0 spiro atoms. The van der Waals surface area contributed by atoms with Gasteiger partial charge in [0.2, 0.25) is 0 Å². The summed E-state index contributed by atoms with van der Waals surface area (Å²) < 4.78 is 5.79. The maximum absolute atomic E-state index is 12.8. The van der Waals surface area contributed by atoms with E-state index in [-0.39, 0.29) is 23.2 Å². The Morgan fingerprint density at radius 2 is 1.71 bits per heavy atom. The fourth-order valence-corrected chi connectivity index (χ4v) is 4.13. The third-order valence-electron chi connectivity index (χ3n) is 5.27. The second-order valence-electron chi connectivity index (χ2n) is 7.65. The van der Waals surface area contributed by atoms with Crippen molar-refractivity contribution >= 4 is 56.9 Å². The van der Waals surface area contributed by atoms with Crippen molar-refractivity contribution in [2.45, 2.75) is 13.5 Å². The average molecular weight is 542 g/mol. The van der Waals surface area contributed by atoms with Gasteiger partial charge in [0.05, 0.1) is 28.3 Å². The number of hydrogen-bond donors (Lipinski definition) is 1. The fourth-order valence-electron chi connectivity index (χ4n) is 3.51. The van der Waals surface area contributed by atoms with E-state index in [1.165, 1.54) is 18.2 Å². The first kappa shape index (κ1) is 23.7. The van der Waals surface area contributed by atoms with Crippen LogP contribution < -0.4 is 5.32 Å². The predicted molar refractivity (Wildman–Crippen MR) is 130 cm³/mol. The largest absolute Gasteiger partial charge is 0.452 e. The number of halogens is 2. The van der Waals surface area contributed by atoms with E-state index >= 15 is 0 Å². The summed E-state index contributed by atoms with van der Waals surface area (Å²) in [6.07, 6.45) is 0. The number of fused-ring (bicyclic) bond motifs is 1. The topological polar surface area (TPSA) is 92.8 Å². The number of imide groups is 1. The second kappa shape index (κ2) is 9.79. The van der Waals surface area contributed by atoms with Gasteiger partial charge in [0.1, 0.15) is 0 Å². The van der Waals surface area contributed by atoms with Crippen LogP contribution in [0.1, 0.15) is 42.2 Å². The van der Waals surface area contributed by atoms with Crippen LogP contribution in [0.2, 0.25) is 5.02 Å². The van der Waals surface area contributed by atoms with E-state index in [2.05, 4.69) is 21.2 Å². The summed E-state index contributed by atoms with van der Waals surface area (Å²) in [5.74, 6) is -2.24. The molecule has 0 fully saturated rings. The smallest absolute Gasteiger partial charge is 0.338 e. The molecule has 1 heterocycles. The van der Waals surface area contributed by atoms with Gasteiger partial charge in [0.25, 0.3) is 17.7 Å². The third kappa shape index (κ3) is 4.88. The number of esters is 1. The van der Waals surface area contributed by atoms with E-state index in [4.69, 9.17) is 16.3 Å². The lowest BCUT2D eigenvalue weighted by Gasteiger charge is -2.13. The summed E-state index contributed by atoms with van der Waals surface area (Å²) in [4.78, 5) is 51.4. The first-order valence-electron chi connectivity index (χ1n) is 10.2. The number of nitrogens with one attached hydrogen (secondary N) is 1. The van der Waals surface area contributed by atoms with Crippen molar-refractivity contribution in [3.05, 3.63) is 98.0 Å². The van der Waals surface area contributed by atoms with Crippen LogP contribution in [0.3, 0.4) is 0 Å². The molecule has 1 aliphatic rings. The van der Waals surface area contributed by atoms with Crippen LogP contribution in [-0.2, 0) is 16.1 Å². The van der Waals surface area contributed by atoms with Gasteiger partial charge in [-0.1, -0.05) is 41.9 Å². The first-order chi connectivity index (χ1) is 16.2. The Labute approximate surface area is 208 Å². The van der Waals surface area contributed by atoms with Crippen LogP contribution in [0, 0.1) is 6.92 Å². The second-order valence-corrected chi connectivity index (χ2v) is 8.91. The monoisotopic (exact) mass is 540 g/mol. The number of anilines is 1. The molecule has 0 unspecified atom stereocenters. The van der Waals surface area contributed by atoms with E-state index in [0.29, 0.717) is 15.2 Å². The number of rotatable bonds is 6. The van der Waals surface area contributed by atoms with Gasteiger partial charge >= 0.3 is 5.97 Å². The van der Waals surface area contributed by atoms with Crippen LogP contribution in [-0.4, -0.2) is 35.2 Å². The molecule has 0 aliphatic carbocycles. The number of aryl methyl sites for hydroxylation is 1. The summed E-state index contributed by atoms with van der Waals surface area (Å²) in [6.45, 7) is 1.40. The van der Waals surface area contributed by atoms with Gasteiger partial charge in [-0.3, -0.25) is 19.3 Å². The molecule has 34 heavy (non-hydrogen) atoms. The molecule has 3 aromatic carbocycles. The fraction of sp³-hybridized carbons (Fsp3) is 0.120. The number of carbonyl (C=O) groups is 4. The zero-order valence-corrected chi connectivity index (χ0v) is 20.3. The number of benzene rings is 3. The minimum absolute atomic E-state index is 0.0668. The standard InChI is InChI=1S/C25H18BrClN2O5/c1-14-9-19(26)20(27)11-21(14)28-22(30)13-34-25(33)16-7-8-17-18(10-16)24(32)29(23(17)31)12-15-5-3-2-4-6-15/h2-11H,12-13H2,1H3,(H,28,30). The van der Waals surface area contributed by atoms with Crippen LogP contribution >= 0.6 is 27.5 Å². The van der Waals surface area contributed by atoms with Crippen LogP contribution in [0.4, 0.5) is 5.69 Å². The highest BCUT2D eigenvalue weighted by molar-refractivity contribution is 9.10. The normalized spacial score (nSPS) is 12.5. The van der Waals surface area contributed by atoms with Gasteiger partial charge in [-0.2, -0.15) is 0 Å². The number of nitrogens with zero attached hydrogens (tertiary/aromatic N) is 1. The Bertz CT molecular complexity index is 1330. The molecule has 3 amide bonds. The Morgan fingerprint density at radius 1 is 1.00 bits per heavy atom. The van der Waals surface area contributed by atoms with E-state index < -0.39 is 30.3 Å². The zero-order chi connectivity index (χ0) is 24.4. The quantitative estimate of drug-likeness (QED) is 0.350. The molecule has 7 nitrogen and oxygen atoms in total. The maximum Gasteiger partial charge on any atom is 0.338 e. The van der Waals surface area contributed by atoms with Gasteiger partial charge in [0.15, 0.2) is 6.61 Å². The highest BCUT2D eigenvalue weighted by Crippen LogP contribution is 2.29. The molecule has 1 N–H and O–H groups in total. The summed E-state index contributed by atoms with van der Waals surface area (Å²) in [5, 5.41) is 3.07. The Hall–Kier alpha value is -3.49. The van der Waals surface area contributed by atoms with Crippen molar-refractivity contribution in [2.24, 2.45) is 0 Å². The molecule has 0 radical (unpaired) electrons. The summed E-state index contributed by atoms with van der Waals surface area (Å²) >= 11 is 9.37. The number of carbonyl (C=O) groups excluding carboxylic acids is 4. The molecular weight excluding hydrogens is 524 g/mol. The molecule has 0 bridgehead atoms. The van der Waals surface area contributed by atoms with Gasteiger partial charge in [-0.05, 0) is 64.3 Å². The van der Waals surface area contributed by atoms with Crippen LogP contribution in [0.25, 0.3) is 0 Å². The molecule has 0 aromatic heterocycles. The van der Waals surface area contributed by atoms with E-state index in [1.54, 1.807) is 19.1 Å². The highest BCUT2D eigenvalue weighted by Gasteiger charge is 2.36. The van der Waals surface area contributed by atoms with E-state index in [0.717, 1.165) is 16.0 Å². The lowest BCUT2D eigenvalue weighted by atomic mass is 10.1. The molecule has 3 aromatic rings. The van der Waals surface area contributed by atoms with Crippen molar-refractivity contribution in [2.75, 3.05) is 11.9 Å². The minimum atomic E-state index is -0.787. The number of amides is 3. The summed E-state index contributed by atoms with van der Waals surface area (Å²) in [7, 11) is 0. The molecule has 9 heteroatoms. The molecule has 0 atom stereocenters. The van der Waals surface area contributed by atoms with Crippen molar-refractivity contribution in [1.82, 2.24) is 4.90 Å². The average Bonchev–Trinajstić information content (AvgIpc) is 3.06. The van der Waals surface area contributed by atoms with Crippen molar-refractivity contribution in [3.63, 3.8) is 0 Å². The van der Waals surface area contributed by atoms with Gasteiger partial charge in [0, 0.05) is 10.2 Å². The van der Waals surface area contributed by atoms with Crippen molar-refractivity contribution < 1.29 is 23.9 Å². The molecule has 0 saturated heterocycles. The third-order valence-corrected chi connectivity index (χ3v) is 6.46. The van der Waals surface area contributed by atoms with Gasteiger partial charge in [-0.25, -0.2) is 4.79 Å². The Morgan fingerprint density at radius 3 is 2.44 bits per heavy atom. The lowest BCUT2D eigenvalue weighted by Crippen LogP contribution is -2.29. The number of ether oxygens (including phenoxy) is 1. The highest BCUT2D eigenvalue weighted by atomic mass is 79.9. The summed E-state index contributed by atoms with van der Waals surface area (Å²) in [6, 6.07) is 16.6. The molecule has 0 saturated carbocycles. The predicted octanol–water partition coefficient (Wildman–Crippen LogP) is 5.00. The molecule has 172 valence electrons. The SMILES string of the molecule is Cc1cc(Br)c(Cl)cc1NC(=O)COC(=O)c1ccc2c(c1)C(=O)N(Cc1ccccc1)C2=O. The first-order valence-corrected chi connectivity index (χ1v) is 11.4. The Kier molecular flexibility index (Phi) is 6.81. The van der Waals surface area contributed by atoms with Crippen molar-refractivity contribution in [1.29, 1.82) is 0 Å². The molecule has 1 aliphatic heterocycles. The van der Waals surface area contributed by atoms with E-state index in [1.807, 2.05) is 30.3 Å². The minimum Gasteiger partial charge on any atom is -0.452 e.